The maximum Gasteiger partial charge on any atom is 0.230 e. The van der Waals surface area contributed by atoms with Crippen LogP contribution in [0.25, 0.3) is 0 Å². The average molecular weight is 288 g/mol. The molecule has 2 N–H and O–H groups in total. The Kier molecular flexibility index (Phi) is 5.99. The van der Waals surface area contributed by atoms with Gasteiger partial charge in [-0.1, -0.05) is 23.7 Å². The molecule has 0 aliphatic carbocycles. The topological polar surface area (TPSA) is 49.3 Å². The zero-order valence-corrected chi connectivity index (χ0v) is 12.1. The number of thioether (sulfide) groups is 1. The van der Waals surface area contributed by atoms with Crippen LogP contribution in [0.5, 0.6) is 0 Å². The molecule has 1 amide bonds. The molecule has 1 rings (SSSR count). The first-order chi connectivity index (χ1) is 8.37. The number of carbonyl (C=O) groups excluding carboxylic acids is 1. The van der Waals surface area contributed by atoms with Crippen molar-refractivity contribution in [3.05, 3.63) is 34.9 Å². The highest BCUT2D eigenvalue weighted by Gasteiger charge is 2.13. The molecule has 0 radical (unpaired) electrons. The van der Waals surface area contributed by atoms with Crippen LogP contribution in [0.3, 0.4) is 0 Å². The fraction of sp³-hybridized carbons (Fsp3) is 0.462. The summed E-state index contributed by atoms with van der Waals surface area (Å²) in [5.74, 6) is 1.10. The smallest absolute Gasteiger partial charge is 0.230 e. The molecule has 0 spiro atoms. The predicted octanol–water partition coefficient (Wildman–Crippen LogP) is 2.46. The molecule has 0 heterocycles. The third-order valence-electron chi connectivity index (χ3n) is 2.13. The second kappa shape index (κ2) is 7.02. The number of rotatable bonds is 6. The highest BCUT2D eigenvalue weighted by Crippen LogP contribution is 2.15. The fourth-order valence-electron chi connectivity index (χ4n) is 1.21. The van der Waals surface area contributed by atoms with Crippen molar-refractivity contribution in [2.45, 2.75) is 25.2 Å². The predicted molar refractivity (Wildman–Crippen MR) is 76.9 cm³/mol. The van der Waals surface area contributed by atoms with E-state index in [0.717, 1.165) is 11.3 Å². The van der Waals surface area contributed by atoms with Crippen LogP contribution in [0.2, 0.25) is 5.02 Å². The molecule has 0 saturated heterocycles. The molecule has 5 heteroatoms. The molecule has 0 fully saturated rings. The lowest BCUT2D eigenvalue weighted by Crippen LogP contribution is -2.38. The van der Waals surface area contributed by atoms with E-state index in [9.17, 15) is 9.90 Å². The summed E-state index contributed by atoms with van der Waals surface area (Å²) in [6.45, 7) is 3.59. The summed E-state index contributed by atoms with van der Waals surface area (Å²) in [6, 6.07) is 7.58. The Balaban J connectivity index is 2.21. The molecule has 3 nitrogen and oxygen atoms in total. The Hall–Kier alpha value is -0.710. The Morgan fingerprint density at radius 3 is 2.56 bits per heavy atom. The first kappa shape index (κ1) is 15.3. The monoisotopic (exact) mass is 287 g/mol. The first-order valence-electron chi connectivity index (χ1n) is 5.68. The Labute approximate surface area is 117 Å². The molecular formula is C13H18ClNO2S. The van der Waals surface area contributed by atoms with Gasteiger partial charge in [0.2, 0.25) is 5.91 Å². The average Bonchev–Trinajstić information content (AvgIpc) is 2.28. The lowest BCUT2D eigenvalue weighted by Gasteiger charge is -2.17. The number of carbonyl (C=O) groups is 1. The molecule has 1 aromatic rings. The molecule has 0 saturated carbocycles. The van der Waals surface area contributed by atoms with Gasteiger partial charge >= 0.3 is 0 Å². The lowest BCUT2D eigenvalue weighted by atomic mass is 10.1. The SMILES string of the molecule is CC(C)(O)CNC(=O)CSCc1ccc(Cl)cc1. The normalized spacial score (nSPS) is 11.3. The lowest BCUT2D eigenvalue weighted by molar-refractivity contribution is -0.119. The quantitative estimate of drug-likeness (QED) is 0.845. The number of hydrogen-bond donors (Lipinski definition) is 2. The summed E-state index contributed by atoms with van der Waals surface area (Å²) in [5.41, 5.74) is 0.274. The van der Waals surface area contributed by atoms with Gasteiger partial charge in [-0.2, -0.15) is 0 Å². The second-order valence-electron chi connectivity index (χ2n) is 4.71. The Morgan fingerprint density at radius 2 is 2.00 bits per heavy atom. The maximum absolute atomic E-state index is 11.5. The van der Waals surface area contributed by atoms with Crippen LogP contribution >= 0.6 is 23.4 Å². The Bertz CT molecular complexity index is 387. The van der Waals surface area contributed by atoms with Crippen molar-refractivity contribution >= 4 is 29.3 Å². The van der Waals surface area contributed by atoms with E-state index >= 15 is 0 Å². The number of halogens is 1. The number of amides is 1. The second-order valence-corrected chi connectivity index (χ2v) is 6.13. The third-order valence-corrected chi connectivity index (χ3v) is 3.39. The molecule has 0 atom stereocenters. The molecule has 1 aromatic carbocycles. The zero-order chi connectivity index (χ0) is 13.6. The van der Waals surface area contributed by atoms with Crippen LogP contribution in [-0.4, -0.2) is 28.9 Å². The summed E-state index contributed by atoms with van der Waals surface area (Å²) in [7, 11) is 0. The standard InChI is InChI=1S/C13H18ClNO2S/c1-13(2,17)9-15-12(16)8-18-7-10-3-5-11(14)6-4-10/h3-6,17H,7-9H2,1-2H3,(H,15,16). The molecule has 0 aromatic heterocycles. The van der Waals surface area contributed by atoms with Crippen molar-refractivity contribution in [1.29, 1.82) is 0 Å². The van der Waals surface area contributed by atoms with Crippen molar-refractivity contribution in [1.82, 2.24) is 5.32 Å². The van der Waals surface area contributed by atoms with E-state index in [1.54, 1.807) is 13.8 Å². The van der Waals surface area contributed by atoms with E-state index in [4.69, 9.17) is 11.6 Å². The van der Waals surface area contributed by atoms with Gasteiger partial charge in [-0.05, 0) is 31.5 Å². The van der Waals surface area contributed by atoms with Gasteiger partial charge in [0.15, 0.2) is 0 Å². The van der Waals surface area contributed by atoms with Crippen LogP contribution in [0.1, 0.15) is 19.4 Å². The van der Waals surface area contributed by atoms with Crippen LogP contribution in [0.4, 0.5) is 0 Å². The van der Waals surface area contributed by atoms with Crippen molar-refractivity contribution < 1.29 is 9.90 Å². The number of hydrogen-bond acceptors (Lipinski definition) is 3. The summed E-state index contributed by atoms with van der Waals surface area (Å²) >= 11 is 7.32. The van der Waals surface area contributed by atoms with Crippen molar-refractivity contribution in [3.8, 4) is 0 Å². The summed E-state index contributed by atoms with van der Waals surface area (Å²) in [4.78, 5) is 11.5. The molecule has 0 unspecified atom stereocenters. The van der Waals surface area contributed by atoms with Gasteiger partial charge in [0.05, 0.1) is 11.4 Å². The van der Waals surface area contributed by atoms with Gasteiger partial charge < -0.3 is 10.4 Å². The van der Waals surface area contributed by atoms with Gasteiger partial charge in [-0.25, -0.2) is 0 Å². The number of aliphatic hydroxyl groups is 1. The number of nitrogens with one attached hydrogen (secondary N) is 1. The van der Waals surface area contributed by atoms with Gasteiger partial charge in [0, 0.05) is 17.3 Å². The summed E-state index contributed by atoms with van der Waals surface area (Å²) in [6.07, 6.45) is 0. The van der Waals surface area contributed by atoms with Crippen LogP contribution in [0, 0.1) is 0 Å². The van der Waals surface area contributed by atoms with E-state index in [0.29, 0.717) is 10.8 Å². The van der Waals surface area contributed by atoms with Crippen molar-refractivity contribution in [2.24, 2.45) is 0 Å². The van der Waals surface area contributed by atoms with Crippen molar-refractivity contribution in [2.75, 3.05) is 12.3 Å². The van der Waals surface area contributed by atoms with Gasteiger partial charge in [0.1, 0.15) is 0 Å². The minimum absolute atomic E-state index is 0.0592. The van der Waals surface area contributed by atoms with E-state index < -0.39 is 5.60 Å². The highest BCUT2D eigenvalue weighted by molar-refractivity contribution is 7.99. The summed E-state index contributed by atoms with van der Waals surface area (Å²) in [5, 5.41) is 12.9. The molecule has 0 aliphatic heterocycles. The molecule has 100 valence electrons. The fourth-order valence-corrected chi connectivity index (χ4v) is 2.15. The van der Waals surface area contributed by atoms with Crippen LogP contribution in [-0.2, 0) is 10.5 Å². The zero-order valence-electron chi connectivity index (χ0n) is 10.6. The largest absolute Gasteiger partial charge is 0.389 e. The highest BCUT2D eigenvalue weighted by atomic mass is 35.5. The Morgan fingerprint density at radius 1 is 1.39 bits per heavy atom. The van der Waals surface area contributed by atoms with Crippen molar-refractivity contribution in [3.63, 3.8) is 0 Å². The number of benzene rings is 1. The van der Waals surface area contributed by atoms with Crippen LogP contribution in [0.15, 0.2) is 24.3 Å². The van der Waals surface area contributed by atoms with Gasteiger partial charge in [-0.15, -0.1) is 11.8 Å². The molecule has 18 heavy (non-hydrogen) atoms. The van der Waals surface area contributed by atoms with E-state index in [1.165, 1.54) is 11.8 Å². The maximum atomic E-state index is 11.5. The minimum atomic E-state index is -0.865. The van der Waals surface area contributed by atoms with Gasteiger partial charge in [0.25, 0.3) is 0 Å². The minimum Gasteiger partial charge on any atom is -0.389 e. The molecule has 0 aliphatic rings. The van der Waals surface area contributed by atoms with E-state index in [2.05, 4.69) is 5.32 Å². The third kappa shape index (κ3) is 6.89. The van der Waals surface area contributed by atoms with Crippen LogP contribution < -0.4 is 5.32 Å². The molecule has 0 bridgehead atoms. The van der Waals surface area contributed by atoms with E-state index in [-0.39, 0.29) is 12.5 Å². The first-order valence-corrected chi connectivity index (χ1v) is 7.21. The van der Waals surface area contributed by atoms with Gasteiger partial charge in [-0.3, -0.25) is 4.79 Å². The van der Waals surface area contributed by atoms with E-state index in [1.807, 2.05) is 24.3 Å². The molecular weight excluding hydrogens is 270 g/mol. The summed E-state index contributed by atoms with van der Waals surface area (Å²) < 4.78 is 0.